The van der Waals surface area contributed by atoms with Crippen LogP contribution in [0.3, 0.4) is 0 Å². The minimum Gasteiger partial charge on any atom is -0.399 e. The summed E-state index contributed by atoms with van der Waals surface area (Å²) in [4.78, 5) is 11.5. The molecule has 0 aliphatic heterocycles. The molecule has 0 aliphatic rings. The lowest BCUT2D eigenvalue weighted by atomic mass is 10.1. The van der Waals surface area contributed by atoms with Gasteiger partial charge in [0.15, 0.2) is 0 Å². The standard InChI is InChI=1S/C11H17N3O/c1-11(2,3)14-10(15)13-9-6-4-8(12)5-7-9/h4-7H,12H2,1-3H3,(H2,13,14,15). The highest BCUT2D eigenvalue weighted by Crippen LogP contribution is 2.10. The molecule has 4 N–H and O–H groups in total. The minimum atomic E-state index is -0.238. The van der Waals surface area contributed by atoms with Crippen LogP contribution in [0.25, 0.3) is 0 Å². The molecule has 0 atom stereocenters. The molecule has 0 spiro atoms. The molecule has 1 aromatic carbocycles. The first-order chi connectivity index (χ1) is 6.87. The van der Waals surface area contributed by atoms with Gasteiger partial charge >= 0.3 is 6.03 Å². The number of nitrogen functional groups attached to an aromatic ring is 1. The van der Waals surface area contributed by atoms with Crippen LogP contribution in [0.15, 0.2) is 24.3 Å². The fourth-order valence-electron chi connectivity index (χ4n) is 1.07. The topological polar surface area (TPSA) is 67.2 Å². The normalized spacial score (nSPS) is 10.9. The third-order valence-electron chi connectivity index (χ3n) is 1.66. The van der Waals surface area contributed by atoms with Crippen LogP contribution in [0.4, 0.5) is 16.2 Å². The Labute approximate surface area is 89.9 Å². The van der Waals surface area contributed by atoms with Crippen LogP contribution in [-0.2, 0) is 0 Å². The zero-order valence-corrected chi connectivity index (χ0v) is 9.29. The van der Waals surface area contributed by atoms with E-state index >= 15 is 0 Å². The average Bonchev–Trinajstić information content (AvgIpc) is 2.05. The molecule has 0 fully saturated rings. The van der Waals surface area contributed by atoms with Crippen molar-refractivity contribution < 1.29 is 4.79 Å². The number of urea groups is 1. The fraction of sp³-hybridized carbons (Fsp3) is 0.364. The molecule has 0 unspecified atom stereocenters. The van der Waals surface area contributed by atoms with Gasteiger partial charge in [-0.15, -0.1) is 0 Å². The first-order valence-corrected chi connectivity index (χ1v) is 4.81. The second kappa shape index (κ2) is 4.21. The number of nitrogens with one attached hydrogen (secondary N) is 2. The molecule has 0 radical (unpaired) electrons. The van der Waals surface area contributed by atoms with Gasteiger partial charge in [0.05, 0.1) is 0 Å². The van der Waals surface area contributed by atoms with E-state index in [1.807, 2.05) is 20.8 Å². The van der Waals surface area contributed by atoms with Crippen molar-refractivity contribution >= 4 is 17.4 Å². The Balaban J connectivity index is 2.55. The summed E-state index contributed by atoms with van der Waals surface area (Å²) in [6.45, 7) is 5.78. The molecule has 2 amide bonds. The Morgan fingerprint density at radius 2 is 1.73 bits per heavy atom. The number of rotatable bonds is 1. The van der Waals surface area contributed by atoms with E-state index in [1.165, 1.54) is 0 Å². The smallest absolute Gasteiger partial charge is 0.319 e. The molecule has 82 valence electrons. The number of anilines is 2. The molecule has 0 saturated carbocycles. The van der Waals surface area contributed by atoms with Crippen LogP contribution in [0.2, 0.25) is 0 Å². The number of carbonyl (C=O) groups is 1. The van der Waals surface area contributed by atoms with Crippen LogP contribution >= 0.6 is 0 Å². The molecule has 4 nitrogen and oxygen atoms in total. The van der Waals surface area contributed by atoms with Gasteiger partial charge in [-0.2, -0.15) is 0 Å². The van der Waals surface area contributed by atoms with E-state index < -0.39 is 0 Å². The van der Waals surface area contributed by atoms with Gasteiger partial charge in [-0.05, 0) is 45.0 Å². The van der Waals surface area contributed by atoms with Crippen molar-refractivity contribution in [3.8, 4) is 0 Å². The Morgan fingerprint density at radius 3 is 2.20 bits per heavy atom. The lowest BCUT2D eigenvalue weighted by Crippen LogP contribution is -2.43. The summed E-state index contributed by atoms with van der Waals surface area (Å²) in [6, 6.07) is 6.79. The molecule has 1 rings (SSSR count). The average molecular weight is 207 g/mol. The second-order valence-corrected chi connectivity index (χ2v) is 4.45. The van der Waals surface area contributed by atoms with Gasteiger partial charge < -0.3 is 16.4 Å². The van der Waals surface area contributed by atoms with Crippen LogP contribution in [0.1, 0.15) is 20.8 Å². The number of amides is 2. The summed E-state index contributed by atoms with van der Waals surface area (Å²) < 4.78 is 0. The summed E-state index contributed by atoms with van der Waals surface area (Å²) in [6.07, 6.45) is 0. The molecular weight excluding hydrogens is 190 g/mol. The highest BCUT2D eigenvalue weighted by atomic mass is 16.2. The van der Waals surface area contributed by atoms with Crippen LogP contribution in [0, 0.1) is 0 Å². The zero-order chi connectivity index (χ0) is 11.5. The molecule has 4 heteroatoms. The molecule has 15 heavy (non-hydrogen) atoms. The fourth-order valence-corrected chi connectivity index (χ4v) is 1.07. The Bertz CT molecular complexity index is 338. The number of hydrogen-bond donors (Lipinski definition) is 3. The van der Waals surface area contributed by atoms with E-state index in [-0.39, 0.29) is 11.6 Å². The Kier molecular flexibility index (Phi) is 3.19. The van der Waals surface area contributed by atoms with Gasteiger partial charge in [0.2, 0.25) is 0 Å². The summed E-state index contributed by atoms with van der Waals surface area (Å²) in [5, 5.41) is 5.52. The quantitative estimate of drug-likeness (QED) is 0.618. The third-order valence-corrected chi connectivity index (χ3v) is 1.66. The number of carbonyl (C=O) groups excluding carboxylic acids is 1. The largest absolute Gasteiger partial charge is 0.399 e. The van der Waals surface area contributed by atoms with Crippen molar-refractivity contribution in [2.45, 2.75) is 26.3 Å². The van der Waals surface area contributed by atoms with Gasteiger partial charge in [0.1, 0.15) is 0 Å². The van der Waals surface area contributed by atoms with Gasteiger partial charge in [0, 0.05) is 16.9 Å². The predicted octanol–water partition coefficient (Wildman–Crippen LogP) is 2.19. The monoisotopic (exact) mass is 207 g/mol. The van der Waals surface area contributed by atoms with Crippen molar-refractivity contribution in [3.05, 3.63) is 24.3 Å². The van der Waals surface area contributed by atoms with Crippen molar-refractivity contribution in [2.24, 2.45) is 0 Å². The van der Waals surface area contributed by atoms with Gasteiger partial charge in [-0.25, -0.2) is 4.79 Å². The molecule has 0 aromatic heterocycles. The zero-order valence-electron chi connectivity index (χ0n) is 9.29. The minimum absolute atomic E-state index is 0.215. The van der Waals surface area contributed by atoms with E-state index in [9.17, 15) is 4.79 Å². The molecule has 0 aliphatic carbocycles. The third kappa shape index (κ3) is 4.35. The van der Waals surface area contributed by atoms with Crippen LogP contribution in [0.5, 0.6) is 0 Å². The summed E-state index contributed by atoms with van der Waals surface area (Å²) in [5.41, 5.74) is 6.70. The maximum absolute atomic E-state index is 11.5. The van der Waals surface area contributed by atoms with E-state index in [2.05, 4.69) is 10.6 Å². The maximum atomic E-state index is 11.5. The summed E-state index contributed by atoms with van der Waals surface area (Å²) in [5.74, 6) is 0. The Hall–Kier alpha value is -1.71. The lowest BCUT2D eigenvalue weighted by Gasteiger charge is -2.20. The van der Waals surface area contributed by atoms with Gasteiger partial charge in [0.25, 0.3) is 0 Å². The second-order valence-electron chi connectivity index (χ2n) is 4.45. The van der Waals surface area contributed by atoms with E-state index in [1.54, 1.807) is 24.3 Å². The van der Waals surface area contributed by atoms with Crippen LogP contribution < -0.4 is 16.4 Å². The van der Waals surface area contributed by atoms with Crippen molar-refractivity contribution in [3.63, 3.8) is 0 Å². The van der Waals surface area contributed by atoms with Gasteiger partial charge in [-0.3, -0.25) is 0 Å². The Morgan fingerprint density at radius 1 is 1.20 bits per heavy atom. The van der Waals surface area contributed by atoms with Crippen molar-refractivity contribution in [2.75, 3.05) is 11.1 Å². The van der Waals surface area contributed by atoms with E-state index in [0.29, 0.717) is 5.69 Å². The van der Waals surface area contributed by atoms with Crippen LogP contribution in [-0.4, -0.2) is 11.6 Å². The molecule has 0 saturated heterocycles. The maximum Gasteiger partial charge on any atom is 0.319 e. The highest BCUT2D eigenvalue weighted by molar-refractivity contribution is 5.89. The number of nitrogens with two attached hydrogens (primary N) is 1. The molecule has 0 bridgehead atoms. The molecular formula is C11H17N3O. The van der Waals surface area contributed by atoms with Crippen molar-refractivity contribution in [1.82, 2.24) is 5.32 Å². The predicted molar refractivity (Wildman–Crippen MR) is 62.8 cm³/mol. The number of benzene rings is 1. The first kappa shape index (κ1) is 11.4. The summed E-state index contributed by atoms with van der Waals surface area (Å²) >= 11 is 0. The van der Waals surface area contributed by atoms with E-state index in [4.69, 9.17) is 5.73 Å². The van der Waals surface area contributed by atoms with Gasteiger partial charge in [-0.1, -0.05) is 0 Å². The van der Waals surface area contributed by atoms with E-state index in [0.717, 1.165) is 5.69 Å². The first-order valence-electron chi connectivity index (χ1n) is 4.81. The van der Waals surface area contributed by atoms with Crippen molar-refractivity contribution in [1.29, 1.82) is 0 Å². The number of hydrogen-bond acceptors (Lipinski definition) is 2. The molecule has 1 aromatic rings. The SMILES string of the molecule is CC(C)(C)NC(=O)Nc1ccc(N)cc1. The summed E-state index contributed by atoms with van der Waals surface area (Å²) in [7, 11) is 0. The lowest BCUT2D eigenvalue weighted by molar-refractivity contribution is 0.244. The highest BCUT2D eigenvalue weighted by Gasteiger charge is 2.13. The molecule has 0 heterocycles.